The third-order valence-corrected chi connectivity index (χ3v) is 1.20. The van der Waals surface area contributed by atoms with Gasteiger partial charge in [-0.15, -0.1) is 0 Å². The van der Waals surface area contributed by atoms with Gasteiger partial charge in [-0.3, -0.25) is 9.48 Å². The third-order valence-electron chi connectivity index (χ3n) is 1.20. The highest BCUT2D eigenvalue weighted by atomic mass is 32.2. The lowest BCUT2D eigenvalue weighted by molar-refractivity contribution is -0.482. The molecule has 72 valence electrons. The van der Waals surface area contributed by atoms with E-state index in [9.17, 15) is 0 Å². The molecule has 0 radical (unpaired) electrons. The Kier molecular flexibility index (Phi) is 4.19. The molecule has 0 bridgehead atoms. The minimum absolute atomic E-state index is 0.604. The maximum absolute atomic E-state index is 9.08. The van der Waals surface area contributed by atoms with E-state index in [-0.39, 0.29) is 0 Å². The molecule has 1 aliphatic rings. The quantitative estimate of drug-likeness (QED) is 0.357. The second-order valence-corrected chi connectivity index (χ2v) is 4.19. The maximum Gasteiger partial charge on any atom is 0.233 e. The first kappa shape index (κ1) is 11.4. The van der Waals surface area contributed by atoms with Crippen LogP contribution >= 0.6 is 0 Å². The molecule has 0 aliphatic carbocycles. The van der Waals surface area contributed by atoms with Crippen LogP contribution in [-0.2, 0) is 10.1 Å². The van der Waals surface area contributed by atoms with E-state index in [4.69, 9.17) is 13.0 Å². The summed E-state index contributed by atoms with van der Waals surface area (Å²) in [4.78, 5) is 2.18. The number of hydrogen-bond acceptors (Lipinski definition) is 4. The smallest absolute Gasteiger partial charge is 0.233 e. The third kappa shape index (κ3) is 9.38. The first-order valence-corrected chi connectivity index (χ1v) is 5.27. The first-order chi connectivity index (χ1) is 5.29. The van der Waals surface area contributed by atoms with E-state index >= 15 is 0 Å². The van der Waals surface area contributed by atoms with Gasteiger partial charge in [0.25, 0.3) is 0 Å². The largest absolute Gasteiger partial charge is 0.748 e. The summed E-state index contributed by atoms with van der Waals surface area (Å²) in [5.74, 6) is 0. The monoisotopic (exact) mass is 194 g/mol. The molecular formula is C6H14N2O3S. The van der Waals surface area contributed by atoms with Crippen LogP contribution < -0.4 is 0 Å². The molecule has 12 heavy (non-hydrogen) atoms. The lowest BCUT2D eigenvalue weighted by atomic mass is 10.6. The van der Waals surface area contributed by atoms with Gasteiger partial charge in [0.15, 0.2) is 0 Å². The molecular weight excluding hydrogens is 180 g/mol. The van der Waals surface area contributed by atoms with Crippen LogP contribution in [0.5, 0.6) is 0 Å². The zero-order chi connectivity index (χ0) is 9.78. The molecule has 0 atom stereocenters. The average molecular weight is 194 g/mol. The Bertz CT molecular complexity index is 250. The molecule has 0 unspecified atom stereocenters. The van der Waals surface area contributed by atoms with Crippen LogP contribution in [-0.4, -0.2) is 62.2 Å². The van der Waals surface area contributed by atoms with Crippen molar-refractivity contribution in [3.63, 3.8) is 0 Å². The van der Waals surface area contributed by atoms with Crippen molar-refractivity contribution in [2.24, 2.45) is 0 Å². The van der Waals surface area contributed by atoms with Crippen molar-refractivity contribution in [1.29, 1.82) is 0 Å². The number of likely N-dealkylation sites (N-methyl/N-ethyl adjacent to an activating group) is 2. The highest BCUT2D eigenvalue weighted by molar-refractivity contribution is 7.84. The highest BCUT2D eigenvalue weighted by Gasteiger charge is 2.08. The van der Waals surface area contributed by atoms with Crippen LogP contribution in [0.3, 0.4) is 0 Å². The Morgan fingerprint density at radius 2 is 2.00 bits per heavy atom. The molecule has 0 amide bonds. The molecule has 1 aliphatic heterocycles. The molecule has 0 saturated carbocycles. The van der Waals surface area contributed by atoms with Crippen molar-refractivity contribution in [3.8, 4) is 0 Å². The summed E-state index contributed by atoms with van der Waals surface area (Å²) in [6, 6.07) is 0. The van der Waals surface area contributed by atoms with Gasteiger partial charge in [-0.05, 0) is 0 Å². The summed E-state index contributed by atoms with van der Waals surface area (Å²) >= 11 is 0. The summed E-state index contributed by atoms with van der Waals surface area (Å²) in [5.41, 5.74) is 0. The minimum atomic E-state index is -3.92. The van der Waals surface area contributed by atoms with Crippen molar-refractivity contribution < 1.29 is 17.5 Å². The van der Waals surface area contributed by atoms with Gasteiger partial charge >= 0.3 is 0 Å². The van der Waals surface area contributed by atoms with E-state index in [0.29, 0.717) is 6.26 Å². The Labute approximate surface area is 73.1 Å². The first-order valence-electron chi connectivity index (χ1n) is 3.45. The van der Waals surface area contributed by atoms with Crippen LogP contribution in [0.4, 0.5) is 0 Å². The Balaban J connectivity index is 0.000000217. The standard InChI is InChI=1S/C5H11N2.CH4O3S/c1-6-3-4-7(2)5-6;1-5(2,3)4/h5H,3-4H2,1-2H3;1H3,(H,2,3,4)/q+1;/p-1. The molecule has 1 heterocycles. The van der Waals surface area contributed by atoms with Gasteiger partial charge in [0.1, 0.15) is 13.1 Å². The SMILES string of the molecule is CN1C=[N+](C)CC1.CS(=O)(=O)[O-]. The number of nitrogens with zero attached hydrogens (tertiary/aromatic N) is 2. The van der Waals surface area contributed by atoms with Crippen molar-refractivity contribution in [2.45, 2.75) is 0 Å². The summed E-state index contributed by atoms with van der Waals surface area (Å²) in [7, 11) is 0.257. The Morgan fingerprint density at radius 1 is 1.58 bits per heavy atom. The summed E-state index contributed by atoms with van der Waals surface area (Å²) in [6.07, 6.45) is 2.72. The van der Waals surface area contributed by atoms with E-state index < -0.39 is 10.1 Å². The zero-order valence-electron chi connectivity index (χ0n) is 7.52. The molecule has 0 saturated heterocycles. The summed E-state index contributed by atoms with van der Waals surface area (Å²) < 4.78 is 29.4. The van der Waals surface area contributed by atoms with E-state index in [1.54, 1.807) is 0 Å². The zero-order valence-corrected chi connectivity index (χ0v) is 8.34. The molecule has 1 rings (SSSR count). The fourth-order valence-electron chi connectivity index (χ4n) is 0.767. The highest BCUT2D eigenvalue weighted by Crippen LogP contribution is 1.84. The Morgan fingerprint density at radius 3 is 2.08 bits per heavy atom. The van der Waals surface area contributed by atoms with Gasteiger partial charge in [-0.1, -0.05) is 0 Å². The van der Waals surface area contributed by atoms with Crippen molar-refractivity contribution in [2.75, 3.05) is 33.4 Å². The molecule has 0 fully saturated rings. The van der Waals surface area contributed by atoms with Gasteiger partial charge in [0, 0.05) is 6.26 Å². The number of rotatable bonds is 0. The fraction of sp³-hybridized carbons (Fsp3) is 0.833. The van der Waals surface area contributed by atoms with Gasteiger partial charge in [0.05, 0.1) is 24.2 Å². The molecule has 0 aromatic carbocycles. The van der Waals surface area contributed by atoms with E-state index in [2.05, 4.69) is 29.9 Å². The van der Waals surface area contributed by atoms with Crippen LogP contribution in [0.25, 0.3) is 0 Å². The van der Waals surface area contributed by atoms with Crippen LogP contribution in [0.2, 0.25) is 0 Å². The van der Waals surface area contributed by atoms with Crippen LogP contribution in [0.15, 0.2) is 0 Å². The minimum Gasteiger partial charge on any atom is -0.748 e. The molecule has 0 spiro atoms. The van der Waals surface area contributed by atoms with E-state index in [1.807, 2.05) is 0 Å². The van der Waals surface area contributed by atoms with Gasteiger partial charge in [-0.2, -0.15) is 0 Å². The van der Waals surface area contributed by atoms with Crippen molar-refractivity contribution >= 4 is 16.5 Å². The molecule has 0 aromatic heterocycles. The molecule has 6 heteroatoms. The van der Waals surface area contributed by atoms with Crippen molar-refractivity contribution in [3.05, 3.63) is 0 Å². The lowest BCUT2D eigenvalue weighted by Gasteiger charge is -1.90. The predicted molar refractivity (Wildman–Crippen MR) is 45.4 cm³/mol. The van der Waals surface area contributed by atoms with Crippen LogP contribution in [0.1, 0.15) is 0 Å². The van der Waals surface area contributed by atoms with Gasteiger partial charge in [0.2, 0.25) is 6.34 Å². The fourth-order valence-corrected chi connectivity index (χ4v) is 0.767. The summed E-state index contributed by atoms with van der Waals surface area (Å²) in [6.45, 7) is 2.35. The van der Waals surface area contributed by atoms with E-state index in [1.165, 1.54) is 13.1 Å². The summed E-state index contributed by atoms with van der Waals surface area (Å²) in [5, 5.41) is 0. The molecule has 0 N–H and O–H groups in total. The second-order valence-electron chi connectivity index (χ2n) is 2.78. The van der Waals surface area contributed by atoms with E-state index in [0.717, 1.165) is 0 Å². The average Bonchev–Trinajstić information content (AvgIpc) is 2.09. The maximum atomic E-state index is 9.08. The van der Waals surface area contributed by atoms with Gasteiger partial charge in [-0.25, -0.2) is 8.42 Å². The molecule has 5 nitrogen and oxygen atoms in total. The topological polar surface area (TPSA) is 63.5 Å². The number of hydrogen-bond donors (Lipinski definition) is 0. The van der Waals surface area contributed by atoms with Crippen molar-refractivity contribution in [1.82, 2.24) is 4.90 Å². The lowest BCUT2D eigenvalue weighted by Crippen LogP contribution is -2.11. The van der Waals surface area contributed by atoms with Crippen LogP contribution in [0, 0.1) is 0 Å². The second kappa shape index (κ2) is 4.42. The molecule has 0 aromatic rings. The Hall–Kier alpha value is -0.620. The van der Waals surface area contributed by atoms with Gasteiger partial charge < -0.3 is 4.55 Å². The normalized spacial score (nSPS) is 16.7. The predicted octanol–water partition coefficient (Wildman–Crippen LogP) is -1.24.